The van der Waals surface area contributed by atoms with Crippen LogP contribution in [-0.2, 0) is 11.2 Å². The molecule has 1 atom stereocenters. The number of hydrogen-bond acceptors (Lipinski definition) is 2. The normalized spacial score (nSPS) is 21.2. The number of halogens is 2. The molecule has 0 bridgehead atoms. The van der Waals surface area contributed by atoms with Crippen molar-refractivity contribution in [3.63, 3.8) is 0 Å². The summed E-state index contributed by atoms with van der Waals surface area (Å²) < 4.78 is 13.5. The maximum absolute atomic E-state index is 13.5. The van der Waals surface area contributed by atoms with Crippen molar-refractivity contribution in [3.05, 3.63) is 35.6 Å². The van der Waals surface area contributed by atoms with E-state index in [9.17, 15) is 9.18 Å². The third kappa shape index (κ3) is 3.70. The highest BCUT2D eigenvalue weighted by atomic mass is 35.5. The van der Waals surface area contributed by atoms with Gasteiger partial charge in [0.15, 0.2) is 0 Å². The average molecular weight is 301 g/mol. The highest BCUT2D eigenvalue weighted by Gasteiger charge is 2.35. The second-order valence-corrected chi connectivity index (χ2v) is 5.97. The summed E-state index contributed by atoms with van der Waals surface area (Å²) in [7, 11) is 0. The Balaban J connectivity index is 0.00000200. The summed E-state index contributed by atoms with van der Waals surface area (Å²) >= 11 is 0. The molecular weight excluding hydrogens is 279 g/mol. The van der Waals surface area contributed by atoms with Crippen LogP contribution in [0.15, 0.2) is 24.3 Å². The monoisotopic (exact) mass is 300 g/mol. The van der Waals surface area contributed by atoms with Crippen LogP contribution in [0.25, 0.3) is 0 Å². The fraction of sp³-hybridized carbons (Fsp3) is 0.533. The summed E-state index contributed by atoms with van der Waals surface area (Å²) in [6.07, 6.45) is 0.925. The number of amides is 1. The molecule has 0 aromatic heterocycles. The van der Waals surface area contributed by atoms with Gasteiger partial charge in [-0.05, 0) is 23.5 Å². The lowest BCUT2D eigenvalue weighted by Crippen LogP contribution is -2.54. The first-order valence-electron chi connectivity index (χ1n) is 6.67. The molecule has 2 rings (SSSR count). The van der Waals surface area contributed by atoms with Crippen LogP contribution in [0.2, 0.25) is 0 Å². The number of carbonyl (C=O) groups excluding carboxylic acids is 1. The molecule has 1 fully saturated rings. The van der Waals surface area contributed by atoms with Crippen molar-refractivity contribution in [2.45, 2.75) is 32.7 Å². The van der Waals surface area contributed by atoms with Crippen LogP contribution in [0.1, 0.15) is 25.8 Å². The summed E-state index contributed by atoms with van der Waals surface area (Å²) in [6, 6.07) is 6.55. The Hall–Kier alpha value is -1.13. The van der Waals surface area contributed by atoms with Crippen molar-refractivity contribution in [1.29, 1.82) is 0 Å². The van der Waals surface area contributed by atoms with E-state index in [0.29, 0.717) is 18.7 Å². The van der Waals surface area contributed by atoms with Crippen molar-refractivity contribution in [2.24, 2.45) is 11.1 Å². The molecule has 1 aliphatic heterocycles. The number of hydrogen-bond donors (Lipinski definition) is 1. The van der Waals surface area contributed by atoms with Crippen LogP contribution in [0.5, 0.6) is 0 Å². The van der Waals surface area contributed by atoms with Gasteiger partial charge in [0.05, 0.1) is 6.42 Å². The smallest absolute Gasteiger partial charge is 0.227 e. The fourth-order valence-corrected chi connectivity index (χ4v) is 2.50. The van der Waals surface area contributed by atoms with E-state index >= 15 is 0 Å². The van der Waals surface area contributed by atoms with Crippen molar-refractivity contribution in [2.75, 3.05) is 13.1 Å². The topological polar surface area (TPSA) is 46.3 Å². The minimum Gasteiger partial charge on any atom is -0.342 e. The van der Waals surface area contributed by atoms with E-state index in [1.54, 1.807) is 23.1 Å². The quantitative estimate of drug-likeness (QED) is 0.911. The lowest BCUT2D eigenvalue weighted by molar-refractivity contribution is -0.133. The lowest BCUT2D eigenvalue weighted by atomic mass is 9.79. The molecule has 2 N–H and O–H groups in total. The van der Waals surface area contributed by atoms with Crippen LogP contribution >= 0.6 is 12.4 Å². The van der Waals surface area contributed by atoms with E-state index in [0.717, 1.165) is 6.42 Å². The molecule has 1 saturated heterocycles. The number of carbonyl (C=O) groups is 1. The SMILES string of the molecule is CC1(C)CN(C(=O)Cc2ccccc2F)CCC1N.Cl. The highest BCUT2D eigenvalue weighted by Crippen LogP contribution is 2.28. The first kappa shape index (κ1) is 16.9. The van der Waals surface area contributed by atoms with E-state index in [4.69, 9.17) is 5.73 Å². The van der Waals surface area contributed by atoms with Crippen LogP contribution in [0, 0.1) is 11.2 Å². The molecule has 0 radical (unpaired) electrons. The van der Waals surface area contributed by atoms with Crippen molar-refractivity contribution in [3.8, 4) is 0 Å². The van der Waals surface area contributed by atoms with Crippen LogP contribution in [-0.4, -0.2) is 29.9 Å². The number of rotatable bonds is 2. The predicted molar refractivity (Wildman–Crippen MR) is 80.3 cm³/mol. The van der Waals surface area contributed by atoms with Gasteiger partial charge < -0.3 is 10.6 Å². The van der Waals surface area contributed by atoms with Crippen LogP contribution in [0.3, 0.4) is 0 Å². The summed E-state index contributed by atoms with van der Waals surface area (Å²) in [4.78, 5) is 14.0. The molecule has 1 heterocycles. The lowest BCUT2D eigenvalue weighted by Gasteiger charge is -2.42. The zero-order valence-electron chi connectivity index (χ0n) is 11.9. The molecule has 1 aromatic carbocycles. The minimum atomic E-state index is -0.316. The molecular formula is C15H22ClFN2O. The third-order valence-electron chi connectivity index (χ3n) is 3.96. The van der Waals surface area contributed by atoms with Gasteiger partial charge in [0.2, 0.25) is 5.91 Å². The molecule has 1 aliphatic rings. The van der Waals surface area contributed by atoms with E-state index in [2.05, 4.69) is 13.8 Å². The van der Waals surface area contributed by atoms with Gasteiger partial charge in [-0.25, -0.2) is 4.39 Å². The van der Waals surface area contributed by atoms with Gasteiger partial charge in [0.1, 0.15) is 5.82 Å². The predicted octanol–water partition coefficient (Wildman–Crippen LogP) is 2.38. The number of piperidine rings is 1. The van der Waals surface area contributed by atoms with Gasteiger partial charge in [-0.3, -0.25) is 4.79 Å². The maximum atomic E-state index is 13.5. The van der Waals surface area contributed by atoms with E-state index < -0.39 is 0 Å². The second-order valence-electron chi connectivity index (χ2n) is 5.97. The summed E-state index contributed by atoms with van der Waals surface area (Å²) in [5.41, 5.74) is 6.43. The fourth-order valence-electron chi connectivity index (χ4n) is 2.50. The van der Waals surface area contributed by atoms with E-state index in [-0.39, 0.29) is 42.0 Å². The van der Waals surface area contributed by atoms with Crippen LogP contribution < -0.4 is 5.73 Å². The largest absolute Gasteiger partial charge is 0.342 e. The third-order valence-corrected chi connectivity index (χ3v) is 3.96. The standard InChI is InChI=1S/C15H21FN2O.ClH/c1-15(2)10-18(8-7-13(15)17)14(19)9-11-5-3-4-6-12(11)16;/h3-6,13H,7-10,17H2,1-2H3;1H. The Labute approximate surface area is 125 Å². The summed E-state index contributed by atoms with van der Waals surface area (Å²) in [5, 5.41) is 0. The van der Waals surface area contributed by atoms with Gasteiger partial charge in [-0.2, -0.15) is 0 Å². The first-order chi connectivity index (χ1) is 8.90. The molecule has 1 unspecified atom stereocenters. The molecule has 20 heavy (non-hydrogen) atoms. The van der Waals surface area contributed by atoms with E-state index in [1.165, 1.54) is 6.07 Å². The van der Waals surface area contributed by atoms with Crippen molar-refractivity contribution < 1.29 is 9.18 Å². The summed E-state index contributed by atoms with van der Waals surface area (Å²) in [6.45, 7) is 5.44. The molecule has 0 aliphatic carbocycles. The molecule has 0 spiro atoms. The maximum Gasteiger partial charge on any atom is 0.227 e. The zero-order chi connectivity index (χ0) is 14.0. The van der Waals surface area contributed by atoms with Gasteiger partial charge in [-0.1, -0.05) is 32.0 Å². The Kier molecular flexibility index (Phi) is 5.54. The molecule has 1 aromatic rings. The van der Waals surface area contributed by atoms with Crippen molar-refractivity contribution >= 4 is 18.3 Å². The van der Waals surface area contributed by atoms with Crippen molar-refractivity contribution in [1.82, 2.24) is 4.90 Å². The molecule has 1 amide bonds. The Bertz CT molecular complexity index is 479. The number of benzene rings is 1. The Morgan fingerprint density at radius 3 is 2.70 bits per heavy atom. The number of nitrogens with zero attached hydrogens (tertiary/aromatic N) is 1. The molecule has 5 heteroatoms. The summed E-state index contributed by atoms with van der Waals surface area (Å²) in [5.74, 6) is -0.339. The number of nitrogens with two attached hydrogens (primary N) is 1. The van der Waals surface area contributed by atoms with Gasteiger partial charge in [0.25, 0.3) is 0 Å². The van der Waals surface area contributed by atoms with E-state index in [1.807, 2.05) is 0 Å². The average Bonchev–Trinajstić information content (AvgIpc) is 2.35. The van der Waals surface area contributed by atoms with Gasteiger partial charge in [0, 0.05) is 19.1 Å². The highest BCUT2D eigenvalue weighted by molar-refractivity contribution is 5.85. The first-order valence-corrected chi connectivity index (χ1v) is 6.67. The van der Waals surface area contributed by atoms with Crippen LogP contribution in [0.4, 0.5) is 4.39 Å². The Morgan fingerprint density at radius 1 is 1.45 bits per heavy atom. The van der Waals surface area contributed by atoms with Gasteiger partial charge >= 0.3 is 0 Å². The Morgan fingerprint density at radius 2 is 2.10 bits per heavy atom. The van der Waals surface area contributed by atoms with Gasteiger partial charge in [-0.15, -0.1) is 12.4 Å². The zero-order valence-corrected chi connectivity index (χ0v) is 12.8. The second kappa shape index (κ2) is 6.55. The minimum absolute atomic E-state index is 0. The molecule has 0 saturated carbocycles. The molecule has 112 valence electrons. The molecule has 3 nitrogen and oxygen atoms in total. The number of likely N-dealkylation sites (tertiary alicyclic amines) is 1.